The minimum absolute atomic E-state index is 0.0265. The summed E-state index contributed by atoms with van der Waals surface area (Å²) >= 11 is 7.34. The van der Waals surface area contributed by atoms with Gasteiger partial charge in [-0.25, -0.2) is 13.2 Å². The number of amides is 2. The lowest BCUT2D eigenvalue weighted by Gasteiger charge is -2.36. The molecule has 50 heavy (non-hydrogen) atoms. The highest BCUT2D eigenvalue weighted by molar-refractivity contribution is 7.89. The Balaban J connectivity index is 1.34. The topological polar surface area (TPSA) is 114 Å². The molecule has 1 unspecified atom stereocenters. The van der Waals surface area contributed by atoms with Gasteiger partial charge in [0.1, 0.15) is 11.4 Å². The van der Waals surface area contributed by atoms with E-state index in [9.17, 15) is 18.0 Å². The Hall–Kier alpha value is -3.26. The van der Waals surface area contributed by atoms with Gasteiger partial charge >= 0.3 is 6.09 Å². The Morgan fingerprint density at radius 3 is 2.16 bits per heavy atom. The number of hydrogen-bond acceptors (Lipinski definition) is 7. The third kappa shape index (κ3) is 9.95. The van der Waals surface area contributed by atoms with E-state index >= 15 is 8.78 Å². The van der Waals surface area contributed by atoms with Gasteiger partial charge in [-0.05, 0) is 94.3 Å². The Kier molecular flexibility index (Phi) is 12.1. The summed E-state index contributed by atoms with van der Waals surface area (Å²) in [6.45, 7) is 5.79. The van der Waals surface area contributed by atoms with Crippen molar-refractivity contribution in [3.8, 4) is 16.2 Å². The molecule has 0 radical (unpaired) electrons. The second-order valence-electron chi connectivity index (χ2n) is 13.9. The van der Waals surface area contributed by atoms with Crippen LogP contribution in [0.25, 0.3) is 10.4 Å². The molecule has 3 aromatic rings. The van der Waals surface area contributed by atoms with Crippen LogP contribution in [-0.2, 0) is 25.5 Å². The van der Waals surface area contributed by atoms with E-state index in [4.69, 9.17) is 21.1 Å². The number of rotatable bonds is 11. The fraction of sp³-hybridized carbons (Fsp3) is 0.500. The van der Waals surface area contributed by atoms with Crippen molar-refractivity contribution in [3.63, 3.8) is 0 Å². The summed E-state index contributed by atoms with van der Waals surface area (Å²) in [5, 5.41) is 2.76. The Morgan fingerprint density at radius 2 is 1.58 bits per heavy atom. The number of nitrogens with zero attached hydrogens (tertiary/aromatic N) is 1. The molecule has 2 aliphatic rings. The van der Waals surface area contributed by atoms with Crippen molar-refractivity contribution in [3.05, 3.63) is 70.6 Å². The van der Waals surface area contributed by atoms with Gasteiger partial charge in [0, 0.05) is 29.6 Å². The van der Waals surface area contributed by atoms with E-state index in [1.807, 2.05) is 0 Å². The zero-order chi connectivity index (χ0) is 36.1. The monoisotopic (exact) mass is 751 g/mol. The summed E-state index contributed by atoms with van der Waals surface area (Å²) in [4.78, 5) is 27.9. The van der Waals surface area contributed by atoms with Crippen LogP contribution in [-0.4, -0.2) is 62.7 Å². The number of piperidine rings is 1. The molecule has 0 bridgehead atoms. The molecule has 1 aliphatic carbocycles. The van der Waals surface area contributed by atoms with E-state index in [-0.39, 0.29) is 36.9 Å². The second kappa shape index (κ2) is 16.0. The predicted molar refractivity (Wildman–Crippen MR) is 190 cm³/mol. The molecule has 1 atom stereocenters. The molecule has 9 nitrogen and oxygen atoms in total. The molecule has 1 saturated carbocycles. The Labute approximate surface area is 301 Å². The quantitative estimate of drug-likeness (QED) is 0.206. The Bertz CT molecular complexity index is 1720. The summed E-state index contributed by atoms with van der Waals surface area (Å²) in [5.41, 5.74) is -0.582. The maximum Gasteiger partial charge on any atom is 0.407 e. The van der Waals surface area contributed by atoms with E-state index in [1.165, 1.54) is 71.2 Å². The van der Waals surface area contributed by atoms with Gasteiger partial charge in [0.15, 0.2) is 6.04 Å². The lowest BCUT2D eigenvalue weighted by atomic mass is 9.90. The molecule has 1 aliphatic heterocycles. The molecule has 1 aromatic heterocycles. The summed E-state index contributed by atoms with van der Waals surface area (Å²) in [6, 6.07) is 11.6. The van der Waals surface area contributed by atoms with E-state index in [2.05, 4.69) is 10.0 Å². The van der Waals surface area contributed by atoms with Crippen LogP contribution < -0.4 is 14.8 Å². The molecule has 2 N–H and O–H groups in total. The predicted octanol–water partition coefficient (Wildman–Crippen LogP) is 7.98. The fourth-order valence-corrected chi connectivity index (χ4v) is 8.42. The maximum atomic E-state index is 16.5. The molecular formula is C36H44ClF2N3O6S2. The normalized spacial score (nSPS) is 17.3. The number of sulfonamides is 1. The van der Waals surface area contributed by atoms with Crippen LogP contribution in [0.1, 0.15) is 71.3 Å². The minimum atomic E-state index is -4.60. The second-order valence-corrected chi connectivity index (χ2v) is 17.3. The molecule has 1 saturated heterocycles. The van der Waals surface area contributed by atoms with Crippen molar-refractivity contribution >= 4 is 45.0 Å². The van der Waals surface area contributed by atoms with Crippen LogP contribution in [0.5, 0.6) is 5.75 Å². The van der Waals surface area contributed by atoms with Crippen molar-refractivity contribution in [2.45, 2.75) is 94.2 Å². The largest absolute Gasteiger partial charge is 0.493 e. The molecule has 272 valence electrons. The first-order chi connectivity index (χ1) is 23.6. The van der Waals surface area contributed by atoms with Crippen LogP contribution in [0, 0.1) is 5.92 Å². The maximum absolute atomic E-state index is 16.5. The first-order valence-electron chi connectivity index (χ1n) is 16.9. The molecular weight excluding hydrogens is 708 g/mol. The number of hydrogen-bond donors (Lipinski definition) is 2. The Morgan fingerprint density at radius 1 is 0.940 bits per heavy atom. The van der Waals surface area contributed by atoms with E-state index in [1.54, 1.807) is 32.9 Å². The van der Waals surface area contributed by atoms with Gasteiger partial charge in [-0.3, -0.25) is 4.79 Å². The standard InChI is InChI=1S/C36H44ClF2N3O6S2/c1-35(2,3)48-34(44)40-27-19-21-42(22-20-27)33(43)32(36(38,39)26-11-9-25(10-12-26)30-17-18-31(37)49-30)41-50(45,46)29-15-13-28(14-16-29)47-23-24-7-5-4-6-8-24/h9-18,24,27,32,41H,4-8,19-23H2,1-3H3,(H,40,44). The molecule has 2 aromatic carbocycles. The molecule has 5 rings (SSSR count). The third-order valence-corrected chi connectivity index (χ3v) is 11.6. The summed E-state index contributed by atoms with van der Waals surface area (Å²) in [6.07, 6.45) is 5.65. The van der Waals surface area contributed by atoms with Gasteiger partial charge in [0.25, 0.3) is 5.92 Å². The van der Waals surface area contributed by atoms with Gasteiger partial charge in [-0.1, -0.05) is 55.1 Å². The van der Waals surface area contributed by atoms with Crippen LogP contribution in [0.15, 0.2) is 65.6 Å². The zero-order valence-corrected chi connectivity index (χ0v) is 30.8. The first kappa shape index (κ1) is 38.0. The number of thiophene rings is 1. The van der Waals surface area contributed by atoms with Crippen molar-refractivity contribution in [1.82, 2.24) is 14.9 Å². The number of carbonyl (C=O) groups excluding carboxylic acids is 2. The average molecular weight is 752 g/mol. The first-order valence-corrected chi connectivity index (χ1v) is 19.6. The fourth-order valence-electron chi connectivity index (χ4n) is 6.18. The average Bonchev–Trinajstić information content (AvgIpc) is 3.52. The van der Waals surface area contributed by atoms with Gasteiger partial charge in [-0.15, -0.1) is 11.3 Å². The van der Waals surface area contributed by atoms with Gasteiger partial charge in [0.2, 0.25) is 15.9 Å². The van der Waals surface area contributed by atoms with E-state index < -0.39 is 45.2 Å². The van der Waals surface area contributed by atoms with Crippen molar-refractivity contribution in [1.29, 1.82) is 0 Å². The van der Waals surface area contributed by atoms with Crippen molar-refractivity contribution < 1.29 is 36.3 Å². The van der Waals surface area contributed by atoms with Crippen molar-refractivity contribution in [2.75, 3.05) is 19.7 Å². The summed E-state index contributed by atoms with van der Waals surface area (Å²) in [5.74, 6) is -4.10. The highest BCUT2D eigenvalue weighted by Gasteiger charge is 2.50. The van der Waals surface area contributed by atoms with E-state index in [0.717, 1.165) is 30.6 Å². The SMILES string of the molecule is CC(C)(C)OC(=O)NC1CCN(C(=O)C(NS(=O)(=O)c2ccc(OCC3CCCCC3)cc2)C(F)(F)c2ccc(-c3ccc(Cl)s3)cc2)CC1. The number of likely N-dealkylation sites (tertiary alicyclic amines) is 1. The number of alkyl halides is 2. The minimum Gasteiger partial charge on any atom is -0.493 e. The molecule has 2 amide bonds. The van der Waals surface area contributed by atoms with Crippen LogP contribution in [0.2, 0.25) is 4.34 Å². The highest BCUT2D eigenvalue weighted by Crippen LogP contribution is 2.37. The van der Waals surface area contributed by atoms with E-state index in [0.29, 0.717) is 28.2 Å². The van der Waals surface area contributed by atoms with Crippen LogP contribution in [0.3, 0.4) is 0 Å². The number of benzene rings is 2. The zero-order valence-electron chi connectivity index (χ0n) is 28.4. The number of ether oxygens (including phenoxy) is 2. The molecule has 14 heteroatoms. The smallest absolute Gasteiger partial charge is 0.407 e. The number of nitrogens with one attached hydrogen (secondary N) is 2. The number of carbonyl (C=O) groups is 2. The lowest BCUT2D eigenvalue weighted by molar-refractivity contribution is -0.145. The van der Waals surface area contributed by atoms with Gasteiger partial charge in [-0.2, -0.15) is 13.5 Å². The summed E-state index contributed by atoms with van der Waals surface area (Å²) < 4.78 is 74.0. The molecule has 0 spiro atoms. The van der Waals surface area contributed by atoms with Crippen LogP contribution >= 0.6 is 22.9 Å². The molecule has 2 heterocycles. The molecule has 2 fully saturated rings. The van der Waals surface area contributed by atoms with Gasteiger partial charge in [0.05, 0.1) is 15.8 Å². The third-order valence-electron chi connectivity index (χ3n) is 8.88. The number of halogens is 3. The van der Waals surface area contributed by atoms with Crippen LogP contribution in [0.4, 0.5) is 13.6 Å². The number of alkyl carbamates (subject to hydrolysis) is 1. The van der Waals surface area contributed by atoms with Crippen molar-refractivity contribution in [2.24, 2.45) is 5.92 Å². The lowest BCUT2D eigenvalue weighted by Crippen LogP contribution is -2.58. The highest BCUT2D eigenvalue weighted by atomic mass is 35.5. The van der Waals surface area contributed by atoms with Gasteiger partial charge < -0.3 is 19.7 Å². The summed E-state index contributed by atoms with van der Waals surface area (Å²) in [7, 11) is -4.60.